The van der Waals surface area contributed by atoms with Crippen molar-refractivity contribution >= 4 is 46.5 Å². The number of carboxylic acid groups (broad SMARTS) is 2. The Morgan fingerprint density at radius 2 is 1.57 bits per heavy atom. The molecule has 0 fully saturated rings. The van der Waals surface area contributed by atoms with Gasteiger partial charge in [0.05, 0.1) is 12.5 Å². The molecule has 4 amide bonds. The van der Waals surface area contributed by atoms with Crippen molar-refractivity contribution in [3.8, 4) is 0 Å². The highest BCUT2D eigenvalue weighted by Gasteiger charge is 2.32. The molecule has 0 radical (unpaired) electrons. The number of fused-ring (bicyclic) bond motifs is 1. The number of para-hydroxylation sites is 1. The van der Waals surface area contributed by atoms with Crippen LogP contribution in [0.5, 0.6) is 0 Å². The van der Waals surface area contributed by atoms with Crippen LogP contribution >= 0.6 is 0 Å². The number of rotatable bonds is 16. The van der Waals surface area contributed by atoms with Crippen LogP contribution in [0.2, 0.25) is 0 Å². The number of aromatic nitrogens is 1. The van der Waals surface area contributed by atoms with Crippen LogP contribution in [0.3, 0.4) is 0 Å². The number of carboxylic acids is 2. The highest BCUT2D eigenvalue weighted by atomic mass is 16.4. The quantitative estimate of drug-likeness (QED) is 0.130. The predicted octanol–water partition coefficient (Wildman–Crippen LogP) is -0.637. The molecule has 0 bridgehead atoms. The second-order valence-electron chi connectivity index (χ2n) is 9.61. The van der Waals surface area contributed by atoms with E-state index in [1.54, 1.807) is 26.1 Å². The Kier molecular flexibility index (Phi) is 11.6. The van der Waals surface area contributed by atoms with E-state index in [-0.39, 0.29) is 12.8 Å². The SMILES string of the molecule is CCC(C)C(NC(=O)C(Cc1c[nH]c2ccccc12)NC(=O)C(CCC(=O)O)NC(=O)C(N)CC(N)=O)C(=O)O. The first-order valence-corrected chi connectivity index (χ1v) is 12.8. The number of hydrogen-bond donors (Lipinski definition) is 8. The molecule has 14 nitrogen and oxygen atoms in total. The Balaban J connectivity index is 2.35. The number of aromatic amines is 1. The van der Waals surface area contributed by atoms with Gasteiger partial charge >= 0.3 is 11.9 Å². The topological polar surface area (TPSA) is 247 Å². The number of carbonyl (C=O) groups excluding carboxylic acids is 4. The first-order valence-electron chi connectivity index (χ1n) is 12.8. The van der Waals surface area contributed by atoms with Crippen molar-refractivity contribution in [2.45, 2.75) is 70.1 Å². The summed E-state index contributed by atoms with van der Waals surface area (Å²) in [5.74, 6) is -6.32. The van der Waals surface area contributed by atoms with Crippen molar-refractivity contribution in [3.63, 3.8) is 0 Å². The molecule has 0 spiro atoms. The van der Waals surface area contributed by atoms with Gasteiger partial charge in [-0.3, -0.25) is 24.0 Å². The van der Waals surface area contributed by atoms with Gasteiger partial charge in [0.1, 0.15) is 18.1 Å². The molecule has 0 saturated carbocycles. The summed E-state index contributed by atoms with van der Waals surface area (Å²) < 4.78 is 0. The lowest BCUT2D eigenvalue weighted by molar-refractivity contribution is -0.143. The third kappa shape index (κ3) is 9.08. The highest BCUT2D eigenvalue weighted by molar-refractivity contribution is 5.95. The number of nitrogens with two attached hydrogens (primary N) is 2. The lowest BCUT2D eigenvalue weighted by Crippen LogP contribution is -2.58. The third-order valence-corrected chi connectivity index (χ3v) is 6.55. The molecule has 2 aromatic rings. The normalized spacial score (nSPS) is 14.8. The molecule has 1 aromatic carbocycles. The van der Waals surface area contributed by atoms with Gasteiger partial charge in [0.15, 0.2) is 0 Å². The smallest absolute Gasteiger partial charge is 0.326 e. The number of nitrogens with one attached hydrogen (secondary N) is 4. The van der Waals surface area contributed by atoms with Crippen LogP contribution in [0.1, 0.15) is 45.1 Å². The molecule has 0 aliphatic carbocycles. The van der Waals surface area contributed by atoms with Crippen molar-refractivity contribution in [3.05, 3.63) is 36.0 Å². The van der Waals surface area contributed by atoms with Gasteiger partial charge in [-0.1, -0.05) is 38.5 Å². The third-order valence-electron chi connectivity index (χ3n) is 6.55. The maximum atomic E-state index is 13.4. The summed E-state index contributed by atoms with van der Waals surface area (Å²) in [6, 6.07) is 1.92. The minimum Gasteiger partial charge on any atom is -0.481 e. The average Bonchev–Trinajstić information content (AvgIpc) is 3.30. The van der Waals surface area contributed by atoms with Gasteiger partial charge in [0, 0.05) is 29.9 Å². The molecule has 0 saturated heterocycles. The van der Waals surface area contributed by atoms with Gasteiger partial charge in [-0.2, -0.15) is 0 Å². The van der Waals surface area contributed by atoms with E-state index >= 15 is 0 Å². The lowest BCUT2D eigenvalue weighted by atomic mass is 9.97. The molecular weight excluding hydrogens is 524 g/mol. The van der Waals surface area contributed by atoms with E-state index in [2.05, 4.69) is 20.9 Å². The van der Waals surface area contributed by atoms with E-state index in [9.17, 15) is 33.9 Å². The molecule has 14 heteroatoms. The number of H-pyrrole nitrogens is 1. The summed E-state index contributed by atoms with van der Waals surface area (Å²) >= 11 is 0. The van der Waals surface area contributed by atoms with Crippen LogP contribution in [0, 0.1) is 5.92 Å². The Hall–Kier alpha value is -4.46. The Bertz CT molecular complexity index is 1240. The van der Waals surface area contributed by atoms with E-state index in [1.165, 1.54) is 0 Å². The first-order chi connectivity index (χ1) is 18.8. The average molecular weight is 561 g/mol. The molecule has 1 heterocycles. The van der Waals surface area contributed by atoms with Crippen molar-refractivity contribution in [2.24, 2.45) is 17.4 Å². The Morgan fingerprint density at radius 3 is 2.17 bits per heavy atom. The van der Waals surface area contributed by atoms with Crippen LogP contribution < -0.4 is 27.4 Å². The summed E-state index contributed by atoms with van der Waals surface area (Å²) in [5, 5.41) is 26.9. The number of primary amides is 1. The lowest BCUT2D eigenvalue weighted by Gasteiger charge is -2.26. The van der Waals surface area contributed by atoms with Gasteiger partial charge in [-0.15, -0.1) is 0 Å². The summed E-state index contributed by atoms with van der Waals surface area (Å²) in [7, 11) is 0. The standard InChI is InChI=1S/C26H36N6O8/c1-3-13(2)22(26(39)40)32-25(38)19(10-14-12-29-17-7-5-4-6-15(14)17)31-24(37)18(8-9-21(34)35)30-23(36)16(27)11-20(28)33/h4-7,12-13,16,18-19,22,29H,3,8-11,27H2,1-2H3,(H2,28,33)(H,30,36)(H,31,37)(H,32,38)(H,34,35)(H,39,40). The van der Waals surface area contributed by atoms with Crippen molar-refractivity contribution in [1.82, 2.24) is 20.9 Å². The zero-order chi connectivity index (χ0) is 30.0. The Labute approximate surface area is 230 Å². The minimum absolute atomic E-state index is 0.0464. The van der Waals surface area contributed by atoms with Gasteiger partial charge in [-0.05, 0) is 24.0 Å². The van der Waals surface area contributed by atoms with E-state index < -0.39 is 78.5 Å². The molecule has 0 aliphatic rings. The molecule has 40 heavy (non-hydrogen) atoms. The zero-order valence-electron chi connectivity index (χ0n) is 22.3. The summed E-state index contributed by atoms with van der Waals surface area (Å²) in [5.41, 5.74) is 12.2. The molecule has 0 aliphatic heterocycles. The first kappa shape index (κ1) is 31.8. The second-order valence-corrected chi connectivity index (χ2v) is 9.61. The van der Waals surface area contributed by atoms with E-state index in [0.29, 0.717) is 12.0 Å². The molecule has 5 atom stereocenters. The molecular formula is C26H36N6O8. The second kappa shape index (κ2) is 14.6. The predicted molar refractivity (Wildman–Crippen MR) is 144 cm³/mol. The summed E-state index contributed by atoms with van der Waals surface area (Å²) in [6.45, 7) is 3.44. The Morgan fingerprint density at radius 1 is 0.950 bits per heavy atom. The summed E-state index contributed by atoms with van der Waals surface area (Å²) in [4.78, 5) is 76.4. The molecule has 1 aromatic heterocycles. The number of hydrogen-bond acceptors (Lipinski definition) is 7. The van der Waals surface area contributed by atoms with Crippen molar-refractivity contribution in [2.75, 3.05) is 0 Å². The fourth-order valence-corrected chi connectivity index (χ4v) is 4.06. The van der Waals surface area contributed by atoms with E-state index in [0.717, 1.165) is 10.9 Å². The fraction of sp³-hybridized carbons (Fsp3) is 0.462. The zero-order valence-corrected chi connectivity index (χ0v) is 22.3. The van der Waals surface area contributed by atoms with Crippen LogP contribution in [-0.2, 0) is 35.2 Å². The highest BCUT2D eigenvalue weighted by Crippen LogP contribution is 2.20. The number of aliphatic carboxylic acids is 2. The van der Waals surface area contributed by atoms with Gasteiger partial charge in [0.25, 0.3) is 0 Å². The number of carbonyl (C=O) groups is 6. The fourth-order valence-electron chi connectivity index (χ4n) is 4.06. The van der Waals surface area contributed by atoms with Crippen LogP contribution in [-0.4, -0.2) is 74.9 Å². The van der Waals surface area contributed by atoms with Crippen molar-refractivity contribution < 1.29 is 39.0 Å². The van der Waals surface area contributed by atoms with E-state index in [1.807, 2.05) is 18.2 Å². The largest absolute Gasteiger partial charge is 0.481 e. The molecule has 5 unspecified atom stereocenters. The van der Waals surface area contributed by atoms with Crippen molar-refractivity contribution in [1.29, 1.82) is 0 Å². The van der Waals surface area contributed by atoms with E-state index in [4.69, 9.17) is 16.6 Å². The number of benzene rings is 1. The van der Waals surface area contributed by atoms with Crippen LogP contribution in [0.15, 0.2) is 30.5 Å². The minimum atomic E-state index is -1.43. The molecule has 2 rings (SSSR count). The molecule has 218 valence electrons. The molecule has 10 N–H and O–H groups in total. The van der Waals surface area contributed by atoms with Gasteiger partial charge in [-0.25, -0.2) is 4.79 Å². The van der Waals surface area contributed by atoms with Crippen LogP contribution in [0.4, 0.5) is 0 Å². The van der Waals surface area contributed by atoms with Crippen LogP contribution in [0.25, 0.3) is 10.9 Å². The monoisotopic (exact) mass is 560 g/mol. The van der Waals surface area contributed by atoms with Gasteiger partial charge in [0.2, 0.25) is 23.6 Å². The number of amides is 4. The maximum Gasteiger partial charge on any atom is 0.326 e. The summed E-state index contributed by atoms with van der Waals surface area (Å²) in [6.07, 6.45) is 0.727. The maximum absolute atomic E-state index is 13.4. The van der Waals surface area contributed by atoms with Gasteiger partial charge < -0.3 is 42.6 Å².